The van der Waals surface area contributed by atoms with Crippen LogP contribution in [0.3, 0.4) is 0 Å². The lowest BCUT2D eigenvalue weighted by Gasteiger charge is -2.39. The van der Waals surface area contributed by atoms with E-state index in [1.54, 1.807) is 24.3 Å². The van der Waals surface area contributed by atoms with Gasteiger partial charge in [-0.15, -0.1) is 0 Å². The van der Waals surface area contributed by atoms with Gasteiger partial charge in [-0.3, -0.25) is 0 Å². The van der Waals surface area contributed by atoms with Crippen molar-refractivity contribution in [2.75, 3.05) is 20.3 Å². The van der Waals surface area contributed by atoms with E-state index in [2.05, 4.69) is 0 Å². The molecule has 3 rings (SSSR count). The first-order valence-corrected chi connectivity index (χ1v) is 10.7. The number of rotatable bonds is 9. The minimum Gasteiger partial charge on any atom is -0.493 e. The average molecular weight is 492 g/mol. The maximum atomic E-state index is 12.3. The molecule has 1 fully saturated rings. The van der Waals surface area contributed by atoms with Crippen molar-refractivity contribution in [1.82, 2.24) is 0 Å². The quantitative estimate of drug-likeness (QED) is 0.148. The Morgan fingerprint density at radius 2 is 1.74 bits per heavy atom. The number of carbonyl (C=O) groups is 1. The van der Waals surface area contributed by atoms with Crippen LogP contribution < -0.4 is 9.47 Å². The zero-order chi connectivity index (χ0) is 25.6. The van der Waals surface area contributed by atoms with Gasteiger partial charge in [-0.05, 0) is 29.8 Å². The van der Waals surface area contributed by atoms with Crippen molar-refractivity contribution >= 4 is 12.0 Å². The average Bonchev–Trinajstić information content (AvgIpc) is 2.88. The predicted molar refractivity (Wildman–Crippen MR) is 120 cm³/mol. The fraction of sp³-hybridized carbons (Fsp3) is 0.375. The van der Waals surface area contributed by atoms with Gasteiger partial charge in [-0.25, -0.2) is 4.79 Å². The molecular formula is C24H28O11. The monoisotopic (exact) mass is 492 g/mol. The molecule has 1 aliphatic rings. The van der Waals surface area contributed by atoms with Crippen molar-refractivity contribution in [1.29, 1.82) is 0 Å². The number of methoxy groups -OCH3 is 1. The molecule has 35 heavy (non-hydrogen) atoms. The van der Waals surface area contributed by atoms with Gasteiger partial charge in [-0.2, -0.15) is 0 Å². The molecule has 6 N–H and O–H groups in total. The first-order chi connectivity index (χ1) is 16.7. The molecular weight excluding hydrogens is 464 g/mol. The number of aliphatic hydroxyl groups is 6. The van der Waals surface area contributed by atoms with Crippen LogP contribution in [0.25, 0.3) is 6.08 Å². The van der Waals surface area contributed by atoms with Gasteiger partial charge in [0.2, 0.25) is 6.29 Å². The first kappa shape index (κ1) is 26.6. The summed E-state index contributed by atoms with van der Waals surface area (Å²) in [6.07, 6.45) is -4.90. The van der Waals surface area contributed by atoms with Gasteiger partial charge in [0, 0.05) is 11.6 Å². The van der Waals surface area contributed by atoms with E-state index in [0.717, 1.165) is 11.6 Å². The van der Waals surface area contributed by atoms with E-state index in [1.165, 1.54) is 31.4 Å². The number of esters is 1. The van der Waals surface area contributed by atoms with Crippen LogP contribution in [0.15, 0.2) is 54.6 Å². The number of aliphatic hydroxyl groups excluding tert-OH is 5. The van der Waals surface area contributed by atoms with Crippen molar-refractivity contribution in [3.63, 3.8) is 0 Å². The van der Waals surface area contributed by atoms with Crippen LogP contribution in [0.2, 0.25) is 0 Å². The molecule has 2 aromatic carbocycles. The Morgan fingerprint density at radius 1 is 1.03 bits per heavy atom. The van der Waals surface area contributed by atoms with E-state index in [-0.39, 0.29) is 17.1 Å². The van der Waals surface area contributed by atoms with Gasteiger partial charge in [-0.1, -0.05) is 30.3 Å². The van der Waals surface area contributed by atoms with Crippen LogP contribution in [-0.4, -0.2) is 87.6 Å². The highest BCUT2D eigenvalue weighted by molar-refractivity contribution is 5.87. The number of carbonyl (C=O) groups excluding carboxylic acids is 1. The van der Waals surface area contributed by atoms with E-state index < -0.39 is 55.7 Å². The molecule has 6 atom stereocenters. The molecule has 0 aliphatic carbocycles. The summed E-state index contributed by atoms with van der Waals surface area (Å²) >= 11 is 0. The maximum absolute atomic E-state index is 12.3. The summed E-state index contributed by atoms with van der Waals surface area (Å²) in [7, 11) is 1.28. The second-order valence-electron chi connectivity index (χ2n) is 7.79. The largest absolute Gasteiger partial charge is 0.493 e. The number of benzene rings is 2. The first-order valence-electron chi connectivity index (χ1n) is 10.7. The van der Waals surface area contributed by atoms with Crippen molar-refractivity contribution in [3.8, 4) is 11.5 Å². The van der Waals surface area contributed by atoms with Crippen molar-refractivity contribution in [2.24, 2.45) is 0 Å². The molecule has 0 saturated carbocycles. The lowest BCUT2D eigenvalue weighted by Crippen LogP contribution is -2.60. The van der Waals surface area contributed by atoms with Gasteiger partial charge in [0.05, 0.1) is 13.7 Å². The number of hydrogen-bond donors (Lipinski definition) is 6. The third-order valence-corrected chi connectivity index (χ3v) is 5.40. The third kappa shape index (κ3) is 6.16. The highest BCUT2D eigenvalue weighted by Crippen LogP contribution is 2.35. The van der Waals surface area contributed by atoms with Crippen molar-refractivity contribution in [3.05, 3.63) is 65.7 Å². The Kier molecular flexibility index (Phi) is 8.81. The third-order valence-electron chi connectivity index (χ3n) is 5.40. The Bertz CT molecular complexity index is 1010. The van der Waals surface area contributed by atoms with Gasteiger partial charge in [0.15, 0.2) is 11.5 Å². The summed E-state index contributed by atoms with van der Waals surface area (Å²) < 4.78 is 21.2. The van der Waals surface area contributed by atoms with E-state index in [4.69, 9.17) is 18.9 Å². The molecule has 190 valence electrons. The van der Waals surface area contributed by atoms with Crippen LogP contribution in [0, 0.1) is 0 Å². The minimum atomic E-state index is -2.41. The number of hydrogen-bond acceptors (Lipinski definition) is 11. The van der Waals surface area contributed by atoms with E-state index in [1.807, 2.05) is 6.07 Å². The normalized spacial score (nSPS) is 26.2. The van der Waals surface area contributed by atoms with Crippen LogP contribution >= 0.6 is 0 Å². The molecule has 11 nitrogen and oxygen atoms in total. The van der Waals surface area contributed by atoms with E-state index in [0.29, 0.717) is 0 Å². The molecule has 1 aliphatic heterocycles. The molecule has 0 radical (unpaired) electrons. The standard InChI is InChI=1S/C24H28O11/c1-32-17-11-15(24(31,13-26)35-19(27)10-7-14-5-3-2-4-6-14)8-9-16(17)33-23-22(30)21(29)20(28)18(12-25)34-23/h2-11,18,20-23,25-26,28-31H,12-13H2,1H3. The SMILES string of the molecule is COc1cc(C(O)(CO)OC(=O)C=Cc2ccccc2)ccc1OC1OC(CO)C(O)C(O)C1O. The number of ether oxygens (including phenoxy) is 4. The molecule has 0 aromatic heterocycles. The lowest BCUT2D eigenvalue weighted by atomic mass is 9.99. The topological polar surface area (TPSA) is 175 Å². The van der Waals surface area contributed by atoms with Crippen LogP contribution in [0.5, 0.6) is 11.5 Å². The van der Waals surface area contributed by atoms with Crippen molar-refractivity contribution < 1.29 is 54.4 Å². The van der Waals surface area contributed by atoms with E-state index in [9.17, 15) is 35.4 Å². The zero-order valence-electron chi connectivity index (χ0n) is 18.8. The second-order valence-corrected chi connectivity index (χ2v) is 7.79. The van der Waals surface area contributed by atoms with Gasteiger partial charge < -0.3 is 49.6 Å². The van der Waals surface area contributed by atoms with Gasteiger partial charge >= 0.3 is 5.97 Å². The summed E-state index contributed by atoms with van der Waals surface area (Å²) in [5, 5.41) is 59.9. The Labute approximate surface area is 201 Å². The fourth-order valence-electron chi connectivity index (χ4n) is 3.41. The summed E-state index contributed by atoms with van der Waals surface area (Å²) in [6.45, 7) is -1.59. The fourth-order valence-corrected chi connectivity index (χ4v) is 3.41. The molecule has 0 amide bonds. The Morgan fingerprint density at radius 3 is 2.37 bits per heavy atom. The van der Waals surface area contributed by atoms with Crippen LogP contribution in [0.1, 0.15) is 11.1 Å². The highest BCUT2D eigenvalue weighted by Gasteiger charge is 2.45. The molecule has 1 saturated heterocycles. The summed E-state index contributed by atoms with van der Waals surface area (Å²) in [4.78, 5) is 12.3. The minimum absolute atomic E-state index is 0.00205. The van der Waals surface area contributed by atoms with Gasteiger partial charge in [0.1, 0.15) is 31.0 Å². The summed E-state index contributed by atoms with van der Waals surface area (Å²) in [5.74, 6) is -3.32. The molecule has 11 heteroatoms. The molecule has 0 bridgehead atoms. The second kappa shape index (κ2) is 11.6. The molecule has 6 unspecified atom stereocenters. The van der Waals surface area contributed by atoms with Crippen LogP contribution in [0.4, 0.5) is 0 Å². The van der Waals surface area contributed by atoms with E-state index >= 15 is 0 Å². The highest BCUT2D eigenvalue weighted by atomic mass is 16.7. The summed E-state index contributed by atoms with van der Waals surface area (Å²) in [6, 6.07) is 12.7. The molecule has 0 spiro atoms. The summed E-state index contributed by atoms with van der Waals surface area (Å²) in [5.41, 5.74) is 0.688. The predicted octanol–water partition coefficient (Wildman–Crippen LogP) is -0.732. The molecule has 1 heterocycles. The smallest absolute Gasteiger partial charge is 0.333 e. The maximum Gasteiger partial charge on any atom is 0.333 e. The van der Waals surface area contributed by atoms with Crippen LogP contribution in [-0.2, 0) is 20.1 Å². The Hall–Kier alpha value is -3.03. The zero-order valence-corrected chi connectivity index (χ0v) is 18.8. The van der Waals surface area contributed by atoms with Crippen molar-refractivity contribution in [2.45, 2.75) is 36.5 Å². The van der Waals surface area contributed by atoms with Gasteiger partial charge in [0.25, 0.3) is 5.79 Å². The lowest BCUT2D eigenvalue weighted by molar-refractivity contribution is -0.277. The Balaban J connectivity index is 1.77. The molecule has 2 aromatic rings.